The molecule has 1 fully saturated rings. The lowest BCUT2D eigenvalue weighted by molar-refractivity contribution is 0.0642. The second-order valence-corrected chi connectivity index (χ2v) is 4.81. The monoisotopic (exact) mass is 270 g/mol. The van der Waals surface area contributed by atoms with Gasteiger partial charge >= 0.3 is 0 Å². The van der Waals surface area contributed by atoms with E-state index in [0.717, 1.165) is 44.9 Å². The van der Waals surface area contributed by atoms with Crippen LogP contribution < -0.4 is 0 Å². The van der Waals surface area contributed by atoms with Crippen molar-refractivity contribution in [3.05, 3.63) is 23.7 Å². The van der Waals surface area contributed by atoms with Crippen LogP contribution in [-0.2, 0) is 6.42 Å². The Morgan fingerprint density at radius 3 is 2.72 bits per heavy atom. The highest BCUT2D eigenvalue weighted by Crippen LogP contribution is 2.15. The number of alkyl halides is 1. The molecule has 2 heterocycles. The van der Waals surface area contributed by atoms with Gasteiger partial charge in [0, 0.05) is 45.0 Å². The summed E-state index contributed by atoms with van der Waals surface area (Å²) in [7, 11) is 0. The summed E-state index contributed by atoms with van der Waals surface area (Å²) in [4.78, 5) is 16.5. The molecule has 1 aliphatic rings. The van der Waals surface area contributed by atoms with Crippen LogP contribution >= 0.6 is 11.6 Å². The van der Waals surface area contributed by atoms with Gasteiger partial charge in [-0.05, 0) is 6.07 Å². The van der Waals surface area contributed by atoms with E-state index in [4.69, 9.17) is 16.0 Å². The number of hydrogen-bond donors (Lipinski definition) is 0. The Labute approximate surface area is 112 Å². The Morgan fingerprint density at radius 1 is 1.39 bits per heavy atom. The third-order valence-corrected chi connectivity index (χ3v) is 3.53. The van der Waals surface area contributed by atoms with Crippen LogP contribution in [0, 0.1) is 0 Å². The normalized spacial score (nSPS) is 17.1. The van der Waals surface area contributed by atoms with Gasteiger partial charge in [0.15, 0.2) is 0 Å². The van der Waals surface area contributed by atoms with Gasteiger partial charge < -0.3 is 9.32 Å². The number of hydrogen-bond acceptors (Lipinski definition) is 3. The van der Waals surface area contributed by atoms with Crippen LogP contribution in [0.4, 0.5) is 0 Å². The summed E-state index contributed by atoms with van der Waals surface area (Å²) in [6.45, 7) is 6.23. The van der Waals surface area contributed by atoms with Crippen LogP contribution in [0.25, 0.3) is 0 Å². The van der Waals surface area contributed by atoms with Gasteiger partial charge in [0.2, 0.25) is 0 Å². The number of carbonyl (C=O) groups excluding carboxylic acids is 1. The number of furan rings is 1. The largest absolute Gasteiger partial charge is 0.469 e. The van der Waals surface area contributed by atoms with Crippen molar-refractivity contribution in [2.24, 2.45) is 0 Å². The highest BCUT2D eigenvalue weighted by Gasteiger charge is 2.24. The molecule has 1 aromatic heterocycles. The lowest BCUT2D eigenvalue weighted by atomic mass is 10.1. The van der Waals surface area contributed by atoms with Crippen LogP contribution in [0.3, 0.4) is 0 Å². The summed E-state index contributed by atoms with van der Waals surface area (Å²) in [5.41, 5.74) is 0.711. The number of halogens is 1. The first-order valence-electron chi connectivity index (χ1n) is 6.40. The van der Waals surface area contributed by atoms with Crippen LogP contribution in [-0.4, -0.2) is 54.3 Å². The van der Waals surface area contributed by atoms with Crippen LogP contribution in [0.1, 0.15) is 23.0 Å². The molecule has 1 amide bonds. The van der Waals surface area contributed by atoms with E-state index in [1.165, 1.54) is 0 Å². The summed E-state index contributed by atoms with van der Waals surface area (Å²) < 4.78 is 5.31. The third kappa shape index (κ3) is 2.87. The second-order valence-electron chi connectivity index (χ2n) is 4.43. The fourth-order valence-corrected chi connectivity index (χ4v) is 2.51. The quantitative estimate of drug-likeness (QED) is 0.784. The summed E-state index contributed by atoms with van der Waals surface area (Å²) in [5.74, 6) is 1.52. The van der Waals surface area contributed by atoms with Crippen molar-refractivity contribution >= 4 is 17.5 Å². The molecule has 0 spiro atoms. The zero-order valence-electron chi connectivity index (χ0n) is 10.7. The van der Waals surface area contributed by atoms with Crippen molar-refractivity contribution in [2.75, 3.05) is 38.6 Å². The number of piperazine rings is 1. The topological polar surface area (TPSA) is 36.7 Å². The first-order chi connectivity index (χ1) is 8.76. The van der Waals surface area contributed by atoms with Crippen LogP contribution in [0.15, 0.2) is 16.7 Å². The predicted octanol–water partition coefficient (Wildman–Crippen LogP) is 1.84. The summed E-state index contributed by atoms with van der Waals surface area (Å²) in [5, 5.41) is 0. The molecule has 100 valence electrons. The summed E-state index contributed by atoms with van der Waals surface area (Å²) >= 11 is 5.72. The Kier molecular flexibility index (Phi) is 4.66. The zero-order valence-corrected chi connectivity index (χ0v) is 11.4. The summed E-state index contributed by atoms with van der Waals surface area (Å²) in [6.07, 6.45) is 2.34. The van der Waals surface area contributed by atoms with Gasteiger partial charge in [0.25, 0.3) is 5.91 Å². The maximum atomic E-state index is 12.3. The number of aryl methyl sites for hydroxylation is 1. The number of amides is 1. The molecule has 18 heavy (non-hydrogen) atoms. The molecule has 5 heteroatoms. The average molecular weight is 271 g/mol. The molecule has 0 radical (unpaired) electrons. The molecule has 0 saturated carbocycles. The molecule has 1 aliphatic heterocycles. The zero-order chi connectivity index (χ0) is 13.0. The number of carbonyl (C=O) groups is 1. The molecule has 0 unspecified atom stereocenters. The first-order valence-corrected chi connectivity index (χ1v) is 6.93. The fraction of sp³-hybridized carbons (Fsp3) is 0.615. The molecule has 2 rings (SSSR count). The van der Waals surface area contributed by atoms with Gasteiger partial charge in [0.05, 0.1) is 11.8 Å². The van der Waals surface area contributed by atoms with E-state index in [2.05, 4.69) is 4.90 Å². The Bertz CT molecular complexity index is 397. The maximum absolute atomic E-state index is 12.3. The molecule has 0 atom stereocenters. The Balaban J connectivity index is 1.95. The van der Waals surface area contributed by atoms with Crippen molar-refractivity contribution in [1.29, 1.82) is 0 Å². The lowest BCUT2D eigenvalue weighted by Gasteiger charge is -2.34. The molecule has 1 aromatic rings. The fourth-order valence-electron chi connectivity index (χ4n) is 2.27. The minimum Gasteiger partial charge on any atom is -0.469 e. The molecular formula is C13H19ClN2O2. The summed E-state index contributed by atoms with van der Waals surface area (Å²) in [6, 6.07) is 1.77. The van der Waals surface area contributed by atoms with Gasteiger partial charge in [-0.2, -0.15) is 0 Å². The van der Waals surface area contributed by atoms with Gasteiger partial charge in [-0.25, -0.2) is 0 Å². The van der Waals surface area contributed by atoms with E-state index >= 15 is 0 Å². The molecule has 1 saturated heterocycles. The predicted molar refractivity (Wildman–Crippen MR) is 71.1 cm³/mol. The minimum absolute atomic E-state index is 0.0890. The van der Waals surface area contributed by atoms with E-state index in [1.807, 2.05) is 11.8 Å². The van der Waals surface area contributed by atoms with E-state index in [0.29, 0.717) is 11.4 Å². The van der Waals surface area contributed by atoms with Gasteiger partial charge in [-0.3, -0.25) is 9.69 Å². The van der Waals surface area contributed by atoms with E-state index in [1.54, 1.807) is 12.3 Å². The number of rotatable bonds is 4. The van der Waals surface area contributed by atoms with Gasteiger partial charge in [-0.1, -0.05) is 6.92 Å². The SMILES string of the molecule is CCc1occc1C(=O)N1CCN(CCCl)CC1. The van der Waals surface area contributed by atoms with E-state index in [9.17, 15) is 4.79 Å². The third-order valence-electron chi connectivity index (χ3n) is 3.36. The van der Waals surface area contributed by atoms with Crippen molar-refractivity contribution in [2.45, 2.75) is 13.3 Å². The van der Waals surface area contributed by atoms with Crippen molar-refractivity contribution in [1.82, 2.24) is 9.80 Å². The van der Waals surface area contributed by atoms with Crippen molar-refractivity contribution < 1.29 is 9.21 Å². The maximum Gasteiger partial charge on any atom is 0.257 e. The van der Waals surface area contributed by atoms with Crippen LogP contribution in [0.2, 0.25) is 0 Å². The first kappa shape index (κ1) is 13.4. The standard InChI is InChI=1S/C13H19ClN2O2/c1-2-12-11(3-10-18-12)13(17)16-8-6-15(5-4-14)7-9-16/h3,10H,2,4-9H2,1H3. The van der Waals surface area contributed by atoms with E-state index in [-0.39, 0.29) is 5.91 Å². The molecule has 4 nitrogen and oxygen atoms in total. The van der Waals surface area contributed by atoms with Gasteiger partial charge in [0.1, 0.15) is 5.76 Å². The molecule has 0 bridgehead atoms. The molecule has 0 aliphatic carbocycles. The number of nitrogens with zero attached hydrogens (tertiary/aromatic N) is 2. The highest BCUT2D eigenvalue weighted by atomic mass is 35.5. The van der Waals surface area contributed by atoms with Crippen molar-refractivity contribution in [3.8, 4) is 0 Å². The minimum atomic E-state index is 0.0890. The van der Waals surface area contributed by atoms with Crippen LogP contribution in [0.5, 0.6) is 0 Å². The lowest BCUT2D eigenvalue weighted by Crippen LogP contribution is -2.49. The average Bonchev–Trinajstić information content (AvgIpc) is 2.87. The Hall–Kier alpha value is -1.00. The Morgan fingerprint density at radius 2 is 2.11 bits per heavy atom. The highest BCUT2D eigenvalue weighted by molar-refractivity contribution is 6.18. The van der Waals surface area contributed by atoms with Crippen molar-refractivity contribution in [3.63, 3.8) is 0 Å². The molecular weight excluding hydrogens is 252 g/mol. The molecule has 0 aromatic carbocycles. The smallest absolute Gasteiger partial charge is 0.257 e. The molecule has 0 N–H and O–H groups in total. The second kappa shape index (κ2) is 6.25. The van der Waals surface area contributed by atoms with Gasteiger partial charge in [-0.15, -0.1) is 11.6 Å². The van der Waals surface area contributed by atoms with E-state index < -0.39 is 0 Å².